The topological polar surface area (TPSA) is 92.8 Å². The van der Waals surface area contributed by atoms with Gasteiger partial charge in [0, 0.05) is 12.7 Å². The number of hydrogen-bond acceptors (Lipinski definition) is 5. The largest absolute Gasteiger partial charge is 0.455 e. The normalized spacial score (nSPS) is 10.9. The Balaban J connectivity index is 1.59. The molecular weight excluding hydrogens is 435 g/mol. The summed E-state index contributed by atoms with van der Waals surface area (Å²) in [6, 6.07) is 19.7. The number of amides is 1. The Kier molecular flexibility index (Phi) is 7.21. The Morgan fingerprint density at radius 3 is 2.34 bits per heavy atom. The highest BCUT2D eigenvalue weighted by atomic mass is 32.2. The van der Waals surface area contributed by atoms with Gasteiger partial charge in [0.1, 0.15) is 5.82 Å². The van der Waals surface area contributed by atoms with E-state index < -0.39 is 34.3 Å². The minimum atomic E-state index is -3.84. The second kappa shape index (κ2) is 10.1. The highest BCUT2D eigenvalue weighted by molar-refractivity contribution is 7.92. The van der Waals surface area contributed by atoms with Crippen LogP contribution in [0.2, 0.25) is 0 Å². The number of nitrogens with one attached hydrogen (secondary N) is 1. The fourth-order valence-corrected chi connectivity index (χ4v) is 4.07. The van der Waals surface area contributed by atoms with E-state index in [1.54, 1.807) is 30.3 Å². The number of rotatable bonds is 8. The predicted octanol–water partition coefficient (Wildman–Crippen LogP) is 3.38. The number of anilines is 2. The van der Waals surface area contributed by atoms with E-state index in [0.717, 1.165) is 4.31 Å². The predicted molar refractivity (Wildman–Crippen MR) is 118 cm³/mol. The highest BCUT2D eigenvalue weighted by Gasteiger charge is 2.21. The molecule has 0 bridgehead atoms. The Hall–Kier alpha value is -3.72. The fraction of sp³-hybridized carbons (Fsp3) is 0.130. The first-order valence-electron chi connectivity index (χ1n) is 9.59. The van der Waals surface area contributed by atoms with Crippen LogP contribution in [0.3, 0.4) is 0 Å². The molecule has 0 spiro atoms. The van der Waals surface area contributed by atoms with Crippen LogP contribution in [0.5, 0.6) is 0 Å². The maximum Gasteiger partial charge on any atom is 0.310 e. The minimum Gasteiger partial charge on any atom is -0.455 e. The lowest BCUT2D eigenvalue weighted by molar-refractivity contribution is -0.146. The van der Waals surface area contributed by atoms with Gasteiger partial charge in [-0.2, -0.15) is 0 Å². The number of benzene rings is 3. The Morgan fingerprint density at radius 2 is 1.66 bits per heavy atom. The molecule has 0 aromatic heterocycles. The van der Waals surface area contributed by atoms with Crippen molar-refractivity contribution in [3.05, 3.63) is 90.2 Å². The molecule has 0 aliphatic carbocycles. The van der Waals surface area contributed by atoms with Crippen molar-refractivity contribution in [1.82, 2.24) is 0 Å². The molecule has 7 nitrogen and oxygen atoms in total. The lowest BCUT2D eigenvalue weighted by Gasteiger charge is -2.19. The van der Waals surface area contributed by atoms with E-state index >= 15 is 0 Å². The van der Waals surface area contributed by atoms with E-state index in [1.165, 1.54) is 55.6 Å². The molecule has 0 saturated heterocycles. The number of halogens is 1. The van der Waals surface area contributed by atoms with Crippen molar-refractivity contribution in [1.29, 1.82) is 0 Å². The first-order valence-corrected chi connectivity index (χ1v) is 11.0. The Labute approximate surface area is 185 Å². The monoisotopic (exact) mass is 456 g/mol. The molecule has 0 heterocycles. The highest BCUT2D eigenvalue weighted by Crippen LogP contribution is 2.23. The third-order valence-corrected chi connectivity index (χ3v) is 6.30. The molecule has 0 radical (unpaired) electrons. The second-order valence-corrected chi connectivity index (χ2v) is 8.82. The molecule has 1 N–H and O–H groups in total. The lowest BCUT2D eigenvalue weighted by Crippen LogP contribution is -2.26. The average Bonchev–Trinajstić information content (AvgIpc) is 2.79. The zero-order valence-corrected chi connectivity index (χ0v) is 18.0. The quantitative estimate of drug-likeness (QED) is 0.525. The molecular formula is C23H21FN2O5S. The molecule has 0 saturated carbocycles. The van der Waals surface area contributed by atoms with E-state index in [0.29, 0.717) is 11.3 Å². The molecule has 3 aromatic rings. The molecule has 0 unspecified atom stereocenters. The van der Waals surface area contributed by atoms with Crippen LogP contribution in [-0.4, -0.2) is 33.9 Å². The van der Waals surface area contributed by atoms with Crippen LogP contribution in [0.4, 0.5) is 15.8 Å². The molecule has 166 valence electrons. The molecule has 32 heavy (non-hydrogen) atoms. The van der Waals surface area contributed by atoms with Crippen molar-refractivity contribution >= 4 is 33.3 Å². The zero-order chi connectivity index (χ0) is 23.1. The summed E-state index contributed by atoms with van der Waals surface area (Å²) in [6.45, 7) is -0.541. The summed E-state index contributed by atoms with van der Waals surface area (Å²) < 4.78 is 44.8. The van der Waals surface area contributed by atoms with Crippen LogP contribution >= 0.6 is 0 Å². The van der Waals surface area contributed by atoms with E-state index in [1.807, 2.05) is 0 Å². The van der Waals surface area contributed by atoms with Gasteiger partial charge >= 0.3 is 5.97 Å². The molecule has 0 atom stereocenters. The standard InChI is InChI=1S/C23H21FN2O5S/c1-26(20-7-3-2-4-8-20)32(29,30)21-9-5-6-19(15-21)25-22(27)16-31-23(28)14-17-10-12-18(24)13-11-17/h2-13,15H,14,16H2,1H3,(H,25,27). The number of sulfonamides is 1. The number of carbonyl (C=O) groups excluding carboxylic acids is 2. The van der Waals surface area contributed by atoms with E-state index in [9.17, 15) is 22.4 Å². The van der Waals surface area contributed by atoms with E-state index in [4.69, 9.17) is 4.74 Å². The Bertz CT molecular complexity index is 1200. The van der Waals surface area contributed by atoms with Gasteiger partial charge in [0.2, 0.25) is 0 Å². The Morgan fingerprint density at radius 1 is 0.969 bits per heavy atom. The van der Waals surface area contributed by atoms with Gasteiger partial charge in [-0.05, 0) is 48.0 Å². The number of ether oxygens (including phenoxy) is 1. The van der Waals surface area contributed by atoms with Crippen molar-refractivity contribution in [3.63, 3.8) is 0 Å². The van der Waals surface area contributed by atoms with Gasteiger partial charge in [0.15, 0.2) is 6.61 Å². The van der Waals surface area contributed by atoms with Crippen LogP contribution in [-0.2, 0) is 30.8 Å². The summed E-state index contributed by atoms with van der Waals surface area (Å²) in [7, 11) is -2.40. The van der Waals surface area contributed by atoms with Crippen molar-refractivity contribution in [3.8, 4) is 0 Å². The van der Waals surface area contributed by atoms with Crippen molar-refractivity contribution in [2.45, 2.75) is 11.3 Å². The SMILES string of the molecule is CN(c1ccccc1)S(=O)(=O)c1cccc(NC(=O)COC(=O)Cc2ccc(F)cc2)c1. The fourth-order valence-electron chi connectivity index (χ4n) is 2.83. The molecule has 1 amide bonds. The van der Waals surface area contributed by atoms with Crippen LogP contribution in [0.1, 0.15) is 5.56 Å². The molecule has 0 fully saturated rings. The summed E-state index contributed by atoms with van der Waals surface area (Å²) >= 11 is 0. The van der Waals surface area contributed by atoms with E-state index in [-0.39, 0.29) is 17.0 Å². The lowest BCUT2D eigenvalue weighted by atomic mass is 10.1. The van der Waals surface area contributed by atoms with Crippen molar-refractivity contribution in [2.75, 3.05) is 23.3 Å². The summed E-state index contributed by atoms with van der Waals surface area (Å²) in [6.07, 6.45) is -0.104. The summed E-state index contributed by atoms with van der Waals surface area (Å²) in [5.74, 6) is -1.68. The van der Waals surface area contributed by atoms with Gasteiger partial charge in [-0.15, -0.1) is 0 Å². The number of hydrogen-bond donors (Lipinski definition) is 1. The minimum absolute atomic E-state index is 0.00467. The summed E-state index contributed by atoms with van der Waals surface area (Å²) in [4.78, 5) is 24.0. The average molecular weight is 456 g/mol. The van der Waals surface area contributed by atoms with Gasteiger partial charge < -0.3 is 10.1 Å². The van der Waals surface area contributed by atoms with Crippen LogP contribution < -0.4 is 9.62 Å². The number of esters is 1. The first kappa shape index (κ1) is 23.0. The number of nitrogens with zero attached hydrogens (tertiary/aromatic N) is 1. The molecule has 0 aliphatic heterocycles. The van der Waals surface area contributed by atoms with Crippen molar-refractivity contribution in [2.24, 2.45) is 0 Å². The van der Waals surface area contributed by atoms with Crippen LogP contribution in [0.25, 0.3) is 0 Å². The summed E-state index contributed by atoms with van der Waals surface area (Å²) in [5, 5.41) is 2.51. The molecule has 3 rings (SSSR count). The molecule has 9 heteroatoms. The summed E-state index contributed by atoms with van der Waals surface area (Å²) in [5.41, 5.74) is 1.29. The second-order valence-electron chi connectivity index (χ2n) is 6.85. The van der Waals surface area contributed by atoms with Gasteiger partial charge in [0.25, 0.3) is 15.9 Å². The maximum absolute atomic E-state index is 12.9. The van der Waals surface area contributed by atoms with Crippen LogP contribution in [0, 0.1) is 5.82 Å². The van der Waals surface area contributed by atoms with E-state index in [2.05, 4.69) is 5.32 Å². The van der Waals surface area contributed by atoms with Gasteiger partial charge in [-0.25, -0.2) is 12.8 Å². The number of carbonyl (C=O) groups is 2. The van der Waals surface area contributed by atoms with Gasteiger partial charge in [-0.3, -0.25) is 13.9 Å². The van der Waals surface area contributed by atoms with Gasteiger partial charge in [-0.1, -0.05) is 36.4 Å². The van der Waals surface area contributed by atoms with Gasteiger partial charge in [0.05, 0.1) is 17.0 Å². The molecule has 3 aromatic carbocycles. The maximum atomic E-state index is 12.9. The smallest absolute Gasteiger partial charge is 0.310 e. The van der Waals surface area contributed by atoms with Crippen molar-refractivity contribution < 1.29 is 27.1 Å². The third-order valence-electron chi connectivity index (χ3n) is 4.52. The zero-order valence-electron chi connectivity index (χ0n) is 17.2. The number of para-hydroxylation sites is 1. The molecule has 0 aliphatic rings. The van der Waals surface area contributed by atoms with Crippen LogP contribution in [0.15, 0.2) is 83.8 Å². The first-order chi connectivity index (χ1) is 15.3. The third kappa shape index (κ3) is 5.92.